The second-order valence-electron chi connectivity index (χ2n) is 11.1. The highest BCUT2D eigenvalue weighted by atomic mass is 16.5. The Hall–Kier alpha value is -3.35. The first kappa shape index (κ1) is 32.2. The van der Waals surface area contributed by atoms with E-state index in [-0.39, 0.29) is 18.6 Å². The third-order valence-electron chi connectivity index (χ3n) is 7.43. The number of likely N-dealkylation sites (tertiary alicyclic amines) is 1. The highest BCUT2D eigenvalue weighted by Crippen LogP contribution is 2.34. The molecule has 41 heavy (non-hydrogen) atoms. The zero-order chi connectivity index (χ0) is 30.1. The van der Waals surface area contributed by atoms with Crippen LogP contribution in [0.4, 0.5) is 5.69 Å². The Morgan fingerprint density at radius 2 is 1.95 bits per heavy atom. The van der Waals surface area contributed by atoms with Crippen molar-refractivity contribution in [2.45, 2.75) is 83.1 Å². The molecule has 1 aromatic carbocycles. The maximum atomic E-state index is 12.8. The van der Waals surface area contributed by atoms with Crippen molar-refractivity contribution < 1.29 is 34.4 Å². The number of nitrogens with zero attached hydrogens (tertiary/aromatic N) is 2. The van der Waals surface area contributed by atoms with Gasteiger partial charge in [0.05, 0.1) is 22.6 Å². The minimum Gasteiger partial charge on any atom is -0.490 e. The average molecular weight is 576 g/mol. The molecule has 2 aromatic rings. The number of hydrogen-bond donors (Lipinski definition) is 6. The number of anilines is 1. The van der Waals surface area contributed by atoms with E-state index in [9.17, 15) is 29.7 Å². The van der Waals surface area contributed by atoms with Gasteiger partial charge in [-0.25, -0.2) is 4.79 Å². The van der Waals surface area contributed by atoms with E-state index in [0.29, 0.717) is 57.5 Å². The van der Waals surface area contributed by atoms with Crippen LogP contribution in [0.3, 0.4) is 0 Å². The van der Waals surface area contributed by atoms with Crippen molar-refractivity contribution in [1.82, 2.24) is 20.5 Å². The van der Waals surface area contributed by atoms with Gasteiger partial charge in [-0.3, -0.25) is 14.9 Å². The van der Waals surface area contributed by atoms with Crippen LogP contribution in [0.25, 0.3) is 10.9 Å². The Labute approximate surface area is 241 Å². The topological polar surface area (TPSA) is 167 Å². The number of unbranched alkanes of at least 4 members (excludes halogenated alkanes) is 1. The average Bonchev–Trinajstić information content (AvgIpc) is 3.59. The van der Waals surface area contributed by atoms with E-state index in [0.717, 1.165) is 16.6 Å². The van der Waals surface area contributed by atoms with E-state index in [4.69, 9.17) is 4.74 Å². The number of H-pyrrole nitrogens is 1. The molecule has 4 atom stereocenters. The standard InChI is InChI=1S/C29H45N5O7/c1-18(2)30-15-20(35)17-41-25-12-7-10-21-26(25)24(16-31-21)33(4)13-6-5-9-22(28(37)38)32-19(3)27(36)34-14-8-11-23(34)29(39)40/h7,10,12,16,18-20,22-23,30-32,35H,5-6,8-9,11,13-15,17H2,1-4H3,(H,37,38)(H,39,40)/t19-,20?,22?,23-/m0/s1. The molecule has 0 radical (unpaired) electrons. The number of carbonyl (C=O) groups excluding carboxylic acids is 1. The van der Waals surface area contributed by atoms with Gasteiger partial charge in [-0.2, -0.15) is 0 Å². The minimum absolute atomic E-state index is 0.159. The Balaban J connectivity index is 1.53. The van der Waals surface area contributed by atoms with Crippen molar-refractivity contribution in [2.75, 3.05) is 38.2 Å². The summed E-state index contributed by atoms with van der Waals surface area (Å²) in [5, 5.41) is 36.4. The van der Waals surface area contributed by atoms with Crippen LogP contribution in [0, 0.1) is 0 Å². The number of amides is 1. The molecule has 3 rings (SSSR count). The van der Waals surface area contributed by atoms with E-state index < -0.39 is 36.2 Å². The van der Waals surface area contributed by atoms with Crippen LogP contribution >= 0.6 is 0 Å². The summed E-state index contributed by atoms with van der Waals surface area (Å²) in [6.45, 7) is 7.24. The second kappa shape index (κ2) is 15.0. The molecular formula is C29H45N5O7. The summed E-state index contributed by atoms with van der Waals surface area (Å²) >= 11 is 0. The zero-order valence-corrected chi connectivity index (χ0v) is 24.4. The molecule has 6 N–H and O–H groups in total. The fraction of sp³-hybridized carbons (Fsp3) is 0.621. The largest absolute Gasteiger partial charge is 0.490 e. The molecule has 1 aliphatic rings. The SMILES string of the molecule is CC(C)NCC(O)COc1cccc2[nH]cc(N(C)CCCCC(N[C@@H](C)C(=O)N3CCC[C@H]3C(=O)O)C(=O)O)c12. The number of rotatable bonds is 17. The normalized spacial score (nSPS) is 17.5. The highest BCUT2D eigenvalue weighted by Gasteiger charge is 2.36. The Morgan fingerprint density at radius 3 is 2.63 bits per heavy atom. The monoisotopic (exact) mass is 575 g/mol. The lowest BCUT2D eigenvalue weighted by Crippen LogP contribution is -2.53. The predicted molar refractivity (Wildman–Crippen MR) is 156 cm³/mol. The van der Waals surface area contributed by atoms with Crippen molar-refractivity contribution in [3.05, 3.63) is 24.4 Å². The lowest BCUT2D eigenvalue weighted by molar-refractivity contribution is -0.149. The maximum absolute atomic E-state index is 12.8. The number of nitrogens with one attached hydrogen (secondary N) is 3. The van der Waals surface area contributed by atoms with Gasteiger partial charge in [0, 0.05) is 38.9 Å². The first-order chi connectivity index (χ1) is 19.5. The molecule has 1 aliphatic heterocycles. The number of aliphatic hydroxyl groups is 1. The van der Waals surface area contributed by atoms with Crippen molar-refractivity contribution in [3.63, 3.8) is 0 Å². The van der Waals surface area contributed by atoms with Crippen LogP contribution in [-0.4, -0.2) is 107 Å². The molecule has 0 bridgehead atoms. The number of aromatic amines is 1. The molecule has 1 amide bonds. The Bertz CT molecular complexity index is 1170. The molecule has 2 unspecified atom stereocenters. The second-order valence-corrected chi connectivity index (χ2v) is 11.1. The molecule has 1 fully saturated rings. The number of aromatic nitrogens is 1. The number of carboxylic acid groups (broad SMARTS) is 2. The van der Waals surface area contributed by atoms with Gasteiger partial charge in [0.25, 0.3) is 0 Å². The van der Waals surface area contributed by atoms with Crippen LogP contribution in [0.5, 0.6) is 5.75 Å². The van der Waals surface area contributed by atoms with Crippen molar-refractivity contribution >= 4 is 34.4 Å². The third-order valence-corrected chi connectivity index (χ3v) is 7.43. The Morgan fingerprint density at radius 1 is 1.20 bits per heavy atom. The van der Waals surface area contributed by atoms with Crippen molar-refractivity contribution in [3.8, 4) is 5.75 Å². The number of ether oxygens (including phenoxy) is 1. The van der Waals surface area contributed by atoms with Crippen molar-refractivity contribution in [1.29, 1.82) is 0 Å². The fourth-order valence-corrected chi connectivity index (χ4v) is 5.18. The van der Waals surface area contributed by atoms with E-state index in [1.165, 1.54) is 4.90 Å². The van der Waals surface area contributed by atoms with E-state index in [1.54, 1.807) is 6.92 Å². The van der Waals surface area contributed by atoms with Crippen LogP contribution in [0.15, 0.2) is 24.4 Å². The number of fused-ring (bicyclic) bond motifs is 1. The predicted octanol–water partition coefficient (Wildman–Crippen LogP) is 2.02. The minimum atomic E-state index is -1.04. The Kier molecular flexibility index (Phi) is 11.8. The van der Waals surface area contributed by atoms with Crippen LogP contribution < -0.4 is 20.3 Å². The molecule has 0 aliphatic carbocycles. The first-order valence-electron chi connectivity index (χ1n) is 14.4. The molecule has 1 aromatic heterocycles. The first-order valence-corrected chi connectivity index (χ1v) is 14.4. The maximum Gasteiger partial charge on any atom is 0.326 e. The summed E-state index contributed by atoms with van der Waals surface area (Å²) in [7, 11) is 1.96. The summed E-state index contributed by atoms with van der Waals surface area (Å²) in [5.41, 5.74) is 1.85. The van der Waals surface area contributed by atoms with Gasteiger partial charge in [0.2, 0.25) is 5.91 Å². The smallest absolute Gasteiger partial charge is 0.326 e. The van der Waals surface area contributed by atoms with Gasteiger partial charge in [-0.1, -0.05) is 19.9 Å². The van der Waals surface area contributed by atoms with E-state index >= 15 is 0 Å². The number of aliphatic carboxylic acids is 2. The molecule has 0 spiro atoms. The van der Waals surface area contributed by atoms with Gasteiger partial charge >= 0.3 is 11.9 Å². The van der Waals surface area contributed by atoms with Gasteiger partial charge in [0.1, 0.15) is 30.5 Å². The van der Waals surface area contributed by atoms with Gasteiger partial charge < -0.3 is 40.2 Å². The molecule has 12 nitrogen and oxygen atoms in total. The van der Waals surface area contributed by atoms with Gasteiger partial charge in [-0.05, 0) is 51.2 Å². The summed E-state index contributed by atoms with van der Waals surface area (Å²) in [6, 6.07) is 3.43. The lowest BCUT2D eigenvalue weighted by atomic mass is 10.1. The number of carbonyl (C=O) groups is 3. The number of hydrogen-bond acceptors (Lipinski definition) is 8. The fourth-order valence-electron chi connectivity index (χ4n) is 5.18. The number of carboxylic acids is 2. The number of aliphatic hydroxyl groups excluding tert-OH is 1. The van der Waals surface area contributed by atoms with Gasteiger partial charge in [0.15, 0.2) is 0 Å². The summed E-state index contributed by atoms with van der Waals surface area (Å²) in [5.74, 6) is -1.79. The number of benzene rings is 1. The molecule has 1 saturated heterocycles. The molecular weight excluding hydrogens is 530 g/mol. The van der Waals surface area contributed by atoms with Gasteiger partial charge in [-0.15, -0.1) is 0 Å². The lowest BCUT2D eigenvalue weighted by Gasteiger charge is -2.27. The summed E-state index contributed by atoms with van der Waals surface area (Å²) in [4.78, 5) is 42.8. The molecule has 0 saturated carbocycles. The molecule has 12 heteroatoms. The molecule has 228 valence electrons. The van der Waals surface area contributed by atoms with Crippen LogP contribution in [0.1, 0.15) is 52.9 Å². The summed E-state index contributed by atoms with van der Waals surface area (Å²) in [6.07, 6.45) is 3.94. The zero-order valence-electron chi connectivity index (χ0n) is 24.4. The van der Waals surface area contributed by atoms with E-state index in [1.807, 2.05) is 45.3 Å². The summed E-state index contributed by atoms with van der Waals surface area (Å²) < 4.78 is 5.99. The van der Waals surface area contributed by atoms with E-state index in [2.05, 4.69) is 20.5 Å². The quantitative estimate of drug-likeness (QED) is 0.154. The third kappa shape index (κ3) is 8.82. The van der Waals surface area contributed by atoms with Crippen LogP contribution in [0.2, 0.25) is 0 Å². The van der Waals surface area contributed by atoms with Crippen LogP contribution in [-0.2, 0) is 14.4 Å². The van der Waals surface area contributed by atoms with Crippen molar-refractivity contribution in [2.24, 2.45) is 0 Å². The molecule has 2 heterocycles. The highest BCUT2D eigenvalue weighted by molar-refractivity contribution is 5.97.